The van der Waals surface area contributed by atoms with Gasteiger partial charge in [-0.3, -0.25) is 14.4 Å². The Bertz CT molecular complexity index is 1210. The molecule has 0 aromatic heterocycles. The van der Waals surface area contributed by atoms with Crippen molar-refractivity contribution in [2.24, 2.45) is 5.92 Å². The molecule has 1 atom stereocenters. The molecule has 0 spiro atoms. The van der Waals surface area contributed by atoms with Crippen LogP contribution in [0.25, 0.3) is 0 Å². The second-order valence-electron chi connectivity index (χ2n) is 8.89. The summed E-state index contributed by atoms with van der Waals surface area (Å²) in [5.74, 6) is -0.884. The summed E-state index contributed by atoms with van der Waals surface area (Å²) in [4.78, 5) is 44.7. The van der Waals surface area contributed by atoms with E-state index in [2.05, 4.69) is 22.3 Å². The van der Waals surface area contributed by atoms with Gasteiger partial charge in [0.2, 0.25) is 11.8 Å². The Morgan fingerprint density at radius 3 is 2.03 bits per heavy atom. The molecule has 2 aliphatic heterocycles. The lowest BCUT2D eigenvalue weighted by molar-refractivity contribution is -0.122. The minimum absolute atomic E-state index is 0.0722. The van der Waals surface area contributed by atoms with E-state index in [4.69, 9.17) is 0 Å². The van der Waals surface area contributed by atoms with E-state index in [1.54, 1.807) is 29.2 Å². The van der Waals surface area contributed by atoms with Gasteiger partial charge in [0, 0.05) is 50.5 Å². The Kier molecular flexibility index (Phi) is 6.48. The van der Waals surface area contributed by atoms with Gasteiger partial charge in [-0.1, -0.05) is 48.5 Å². The lowest BCUT2D eigenvalue weighted by Crippen LogP contribution is -2.49. The highest BCUT2D eigenvalue weighted by atomic mass is 16.2. The lowest BCUT2D eigenvalue weighted by atomic mass is 10.1. The average Bonchev–Trinajstić information content (AvgIpc) is 3.31. The van der Waals surface area contributed by atoms with Crippen LogP contribution >= 0.6 is 0 Å². The third kappa shape index (κ3) is 4.89. The molecule has 2 saturated heterocycles. The highest BCUT2D eigenvalue weighted by molar-refractivity contribution is 6.07. The first-order valence-corrected chi connectivity index (χ1v) is 11.9. The molecule has 3 amide bonds. The number of nitrogens with zero attached hydrogens (tertiary/aromatic N) is 3. The molecule has 178 valence electrons. The summed E-state index contributed by atoms with van der Waals surface area (Å²) in [5.41, 5.74) is 2.90. The van der Waals surface area contributed by atoms with Crippen molar-refractivity contribution < 1.29 is 14.4 Å². The molecule has 0 unspecified atom stereocenters. The molecule has 1 N–H and O–H groups in total. The second-order valence-corrected chi connectivity index (χ2v) is 8.89. The predicted octanol–water partition coefficient (Wildman–Crippen LogP) is 3.64. The first-order chi connectivity index (χ1) is 17.1. The molecular weight excluding hydrogens is 440 g/mol. The van der Waals surface area contributed by atoms with Crippen LogP contribution in [-0.2, 0) is 9.59 Å². The van der Waals surface area contributed by atoms with Crippen LogP contribution in [0.4, 0.5) is 17.1 Å². The van der Waals surface area contributed by atoms with E-state index in [1.165, 1.54) is 0 Å². The van der Waals surface area contributed by atoms with Crippen molar-refractivity contribution in [3.05, 3.63) is 90.5 Å². The fourth-order valence-electron chi connectivity index (χ4n) is 4.73. The van der Waals surface area contributed by atoms with Gasteiger partial charge in [-0.15, -0.1) is 0 Å². The molecule has 2 fully saturated rings. The highest BCUT2D eigenvalue weighted by Gasteiger charge is 2.35. The minimum atomic E-state index is -0.472. The zero-order valence-electron chi connectivity index (χ0n) is 19.5. The van der Waals surface area contributed by atoms with Crippen LogP contribution in [0.15, 0.2) is 84.9 Å². The standard InChI is InChI=1S/C28H28N4O3/c33-26-19-21(20-32(26)23-11-5-2-6-12-23)27(34)29-25-14-8-7-13-24(25)28(35)31-17-15-30(16-18-31)22-9-3-1-4-10-22/h1-14,21H,15-20H2,(H,29,34)/t21-/m1/s1. The number of anilines is 3. The molecule has 3 aromatic carbocycles. The SMILES string of the molecule is O=C(Nc1ccccc1C(=O)N1CCN(c2ccccc2)CC1)[C@@H]1CC(=O)N(c2ccccc2)C1. The fourth-order valence-corrected chi connectivity index (χ4v) is 4.73. The van der Waals surface area contributed by atoms with Crippen LogP contribution in [0.2, 0.25) is 0 Å². The van der Waals surface area contributed by atoms with Crippen molar-refractivity contribution in [2.75, 3.05) is 47.8 Å². The Morgan fingerprint density at radius 2 is 1.34 bits per heavy atom. The van der Waals surface area contributed by atoms with E-state index in [0.717, 1.165) is 24.5 Å². The predicted molar refractivity (Wildman–Crippen MR) is 137 cm³/mol. The van der Waals surface area contributed by atoms with E-state index >= 15 is 0 Å². The number of hydrogen-bond acceptors (Lipinski definition) is 4. The zero-order chi connectivity index (χ0) is 24.2. The van der Waals surface area contributed by atoms with Crippen LogP contribution in [0.3, 0.4) is 0 Å². The number of piperazine rings is 1. The monoisotopic (exact) mass is 468 g/mol. The summed E-state index contributed by atoms with van der Waals surface area (Å²) in [6.45, 7) is 3.05. The Hall–Kier alpha value is -4.13. The van der Waals surface area contributed by atoms with Gasteiger partial charge in [-0.05, 0) is 36.4 Å². The summed E-state index contributed by atoms with van der Waals surface area (Å²) in [5, 5.41) is 2.92. The molecule has 5 rings (SSSR count). The molecule has 35 heavy (non-hydrogen) atoms. The smallest absolute Gasteiger partial charge is 0.256 e. The molecule has 3 aromatic rings. The van der Waals surface area contributed by atoms with E-state index in [-0.39, 0.29) is 24.1 Å². The van der Waals surface area contributed by atoms with Crippen LogP contribution in [0.1, 0.15) is 16.8 Å². The maximum absolute atomic E-state index is 13.3. The molecular formula is C28H28N4O3. The van der Waals surface area contributed by atoms with Crippen LogP contribution in [-0.4, -0.2) is 55.3 Å². The number of carbonyl (C=O) groups excluding carboxylic acids is 3. The molecule has 0 saturated carbocycles. The highest BCUT2D eigenvalue weighted by Crippen LogP contribution is 2.27. The van der Waals surface area contributed by atoms with Crippen LogP contribution < -0.4 is 15.1 Å². The largest absolute Gasteiger partial charge is 0.368 e. The normalized spacial score (nSPS) is 18.0. The third-order valence-electron chi connectivity index (χ3n) is 6.67. The first kappa shape index (κ1) is 22.7. The summed E-state index contributed by atoms with van der Waals surface area (Å²) in [6, 6.07) is 26.7. The van der Waals surface area contributed by atoms with Gasteiger partial charge in [-0.2, -0.15) is 0 Å². The zero-order valence-corrected chi connectivity index (χ0v) is 19.5. The van der Waals surface area contributed by atoms with Crippen molar-refractivity contribution in [2.45, 2.75) is 6.42 Å². The van der Waals surface area contributed by atoms with Crippen molar-refractivity contribution in [1.29, 1.82) is 0 Å². The summed E-state index contributed by atoms with van der Waals surface area (Å²) in [6.07, 6.45) is 0.151. The van der Waals surface area contributed by atoms with Gasteiger partial charge in [0.1, 0.15) is 0 Å². The molecule has 0 aliphatic carbocycles. The topological polar surface area (TPSA) is 73.0 Å². The van der Waals surface area contributed by atoms with Gasteiger partial charge in [0.05, 0.1) is 17.2 Å². The Balaban J connectivity index is 1.24. The Morgan fingerprint density at radius 1 is 0.743 bits per heavy atom. The van der Waals surface area contributed by atoms with E-state index in [9.17, 15) is 14.4 Å². The summed E-state index contributed by atoms with van der Waals surface area (Å²) < 4.78 is 0. The first-order valence-electron chi connectivity index (χ1n) is 11.9. The number of nitrogens with one attached hydrogen (secondary N) is 1. The quantitative estimate of drug-likeness (QED) is 0.621. The maximum atomic E-state index is 13.3. The summed E-state index contributed by atoms with van der Waals surface area (Å²) >= 11 is 0. The van der Waals surface area contributed by atoms with E-state index in [1.807, 2.05) is 53.4 Å². The summed E-state index contributed by atoms with van der Waals surface area (Å²) in [7, 11) is 0. The average molecular weight is 469 g/mol. The third-order valence-corrected chi connectivity index (χ3v) is 6.67. The molecule has 2 heterocycles. The minimum Gasteiger partial charge on any atom is -0.368 e. The van der Waals surface area contributed by atoms with E-state index in [0.29, 0.717) is 30.9 Å². The van der Waals surface area contributed by atoms with Gasteiger partial charge >= 0.3 is 0 Å². The number of para-hydroxylation sites is 3. The van der Waals surface area contributed by atoms with Crippen molar-refractivity contribution in [1.82, 2.24) is 4.90 Å². The number of amides is 3. The fraction of sp³-hybridized carbons (Fsp3) is 0.250. The van der Waals surface area contributed by atoms with Crippen LogP contribution in [0.5, 0.6) is 0 Å². The molecule has 7 nitrogen and oxygen atoms in total. The molecule has 0 bridgehead atoms. The van der Waals surface area contributed by atoms with E-state index < -0.39 is 5.92 Å². The molecule has 0 radical (unpaired) electrons. The van der Waals surface area contributed by atoms with Gasteiger partial charge in [0.15, 0.2) is 0 Å². The van der Waals surface area contributed by atoms with Crippen molar-refractivity contribution >= 4 is 34.8 Å². The van der Waals surface area contributed by atoms with Gasteiger partial charge in [-0.25, -0.2) is 0 Å². The molecule has 7 heteroatoms. The second kappa shape index (κ2) is 10.0. The maximum Gasteiger partial charge on any atom is 0.256 e. The van der Waals surface area contributed by atoms with Crippen molar-refractivity contribution in [3.8, 4) is 0 Å². The van der Waals surface area contributed by atoms with Gasteiger partial charge in [0.25, 0.3) is 5.91 Å². The van der Waals surface area contributed by atoms with Crippen LogP contribution in [0, 0.1) is 5.92 Å². The van der Waals surface area contributed by atoms with Gasteiger partial charge < -0.3 is 20.0 Å². The molecule has 2 aliphatic rings. The van der Waals surface area contributed by atoms with Crippen molar-refractivity contribution in [3.63, 3.8) is 0 Å². The number of rotatable bonds is 5. The lowest BCUT2D eigenvalue weighted by Gasteiger charge is -2.36. The number of carbonyl (C=O) groups is 3. The Labute approximate surface area is 204 Å². The number of benzene rings is 3. The number of hydrogen-bond donors (Lipinski definition) is 1.